The third kappa shape index (κ3) is 4.07. The Kier molecular flexibility index (Phi) is 4.95. The molecule has 2 aromatic rings. The Morgan fingerprint density at radius 1 is 1.14 bits per heavy atom. The summed E-state index contributed by atoms with van der Waals surface area (Å²) in [6.07, 6.45) is -0.705. The van der Waals surface area contributed by atoms with Crippen LogP contribution in [0, 0.1) is 0 Å². The van der Waals surface area contributed by atoms with E-state index in [4.69, 9.17) is 5.73 Å². The van der Waals surface area contributed by atoms with Gasteiger partial charge in [0.2, 0.25) is 5.91 Å². The van der Waals surface area contributed by atoms with E-state index in [9.17, 15) is 9.90 Å². The highest BCUT2D eigenvalue weighted by atomic mass is 16.3. The summed E-state index contributed by atoms with van der Waals surface area (Å²) >= 11 is 0. The topological polar surface area (TPSA) is 75.3 Å². The third-order valence-corrected chi connectivity index (χ3v) is 3.46. The lowest BCUT2D eigenvalue weighted by atomic mass is 9.99. The fourth-order valence-corrected chi connectivity index (χ4v) is 2.12. The van der Waals surface area contributed by atoms with Crippen LogP contribution < -0.4 is 11.1 Å². The van der Waals surface area contributed by atoms with Crippen molar-refractivity contribution in [2.24, 2.45) is 0 Å². The molecule has 4 nitrogen and oxygen atoms in total. The minimum absolute atomic E-state index is 0.129. The van der Waals surface area contributed by atoms with Crippen LogP contribution in [0.5, 0.6) is 0 Å². The van der Waals surface area contributed by atoms with Crippen LogP contribution in [-0.4, -0.2) is 17.6 Å². The number of nitrogen functional groups attached to an aromatic ring is 1. The maximum Gasteiger partial charge on any atom is 0.227 e. The van der Waals surface area contributed by atoms with Crippen molar-refractivity contribution in [3.63, 3.8) is 0 Å². The molecule has 4 heteroatoms. The van der Waals surface area contributed by atoms with Gasteiger partial charge in [0.1, 0.15) is 0 Å². The number of benzene rings is 2. The summed E-state index contributed by atoms with van der Waals surface area (Å²) in [5.74, 6) is -0.438. The number of nitrogens with one attached hydrogen (secondary N) is 1. The first-order chi connectivity index (χ1) is 10.1. The molecule has 21 heavy (non-hydrogen) atoms. The molecule has 0 aliphatic heterocycles. The standard InChI is InChI=1S/C17H20N2O2/c1-12(14-8-5-9-15(18)10-14)17(21)19-11-16(20)13-6-3-2-4-7-13/h2-10,12,16,20H,11,18H2,1H3,(H,19,21). The van der Waals surface area contributed by atoms with Gasteiger partial charge in [-0.25, -0.2) is 0 Å². The van der Waals surface area contributed by atoms with Crippen molar-refractivity contribution in [1.29, 1.82) is 0 Å². The Morgan fingerprint density at radius 3 is 2.48 bits per heavy atom. The average molecular weight is 284 g/mol. The van der Waals surface area contributed by atoms with E-state index in [0.29, 0.717) is 5.69 Å². The Bertz CT molecular complexity index is 599. The van der Waals surface area contributed by atoms with Crippen LogP contribution in [0.25, 0.3) is 0 Å². The first kappa shape index (κ1) is 15.1. The molecule has 0 bridgehead atoms. The second-order valence-corrected chi connectivity index (χ2v) is 5.06. The number of anilines is 1. The fraction of sp³-hybridized carbons (Fsp3) is 0.235. The van der Waals surface area contributed by atoms with Gasteiger partial charge in [0.25, 0.3) is 0 Å². The van der Waals surface area contributed by atoms with Gasteiger partial charge < -0.3 is 16.2 Å². The van der Waals surface area contributed by atoms with E-state index in [1.54, 1.807) is 12.1 Å². The summed E-state index contributed by atoms with van der Waals surface area (Å²) in [5.41, 5.74) is 8.01. The Balaban J connectivity index is 1.92. The van der Waals surface area contributed by atoms with Crippen molar-refractivity contribution in [3.8, 4) is 0 Å². The van der Waals surface area contributed by atoms with E-state index < -0.39 is 6.10 Å². The van der Waals surface area contributed by atoms with Crippen LogP contribution in [0.15, 0.2) is 54.6 Å². The molecule has 2 unspecified atom stereocenters. The molecule has 0 saturated heterocycles. The van der Waals surface area contributed by atoms with Crippen LogP contribution in [0.4, 0.5) is 5.69 Å². The zero-order valence-electron chi connectivity index (χ0n) is 12.0. The molecule has 110 valence electrons. The van der Waals surface area contributed by atoms with Gasteiger partial charge in [0, 0.05) is 12.2 Å². The van der Waals surface area contributed by atoms with Crippen LogP contribution in [-0.2, 0) is 4.79 Å². The van der Waals surface area contributed by atoms with Crippen molar-refractivity contribution in [1.82, 2.24) is 5.32 Å². The van der Waals surface area contributed by atoms with Gasteiger partial charge in [-0.15, -0.1) is 0 Å². The van der Waals surface area contributed by atoms with Gasteiger partial charge >= 0.3 is 0 Å². The van der Waals surface area contributed by atoms with Gasteiger partial charge in [-0.1, -0.05) is 42.5 Å². The second-order valence-electron chi connectivity index (χ2n) is 5.06. The van der Waals surface area contributed by atoms with E-state index in [1.807, 2.05) is 49.4 Å². The van der Waals surface area contributed by atoms with Crippen LogP contribution in [0.1, 0.15) is 30.1 Å². The van der Waals surface area contributed by atoms with Crippen molar-refractivity contribution >= 4 is 11.6 Å². The molecule has 0 saturated carbocycles. The number of hydrogen-bond acceptors (Lipinski definition) is 3. The molecule has 0 aliphatic rings. The van der Waals surface area contributed by atoms with Crippen LogP contribution in [0.2, 0.25) is 0 Å². The zero-order valence-corrected chi connectivity index (χ0v) is 12.0. The molecule has 1 amide bonds. The van der Waals surface area contributed by atoms with Crippen LogP contribution in [0.3, 0.4) is 0 Å². The maximum atomic E-state index is 12.1. The molecular formula is C17H20N2O2. The third-order valence-electron chi connectivity index (χ3n) is 3.46. The molecular weight excluding hydrogens is 264 g/mol. The van der Waals surface area contributed by atoms with Crippen molar-refractivity contribution in [2.75, 3.05) is 12.3 Å². The monoisotopic (exact) mass is 284 g/mol. The Hall–Kier alpha value is -2.33. The summed E-state index contributed by atoms with van der Waals surface area (Å²) in [4.78, 5) is 12.1. The first-order valence-corrected chi connectivity index (χ1v) is 6.94. The lowest BCUT2D eigenvalue weighted by Gasteiger charge is -2.16. The number of aliphatic hydroxyl groups is 1. The Morgan fingerprint density at radius 2 is 1.81 bits per heavy atom. The number of hydrogen-bond donors (Lipinski definition) is 3. The quantitative estimate of drug-likeness (QED) is 0.737. The minimum Gasteiger partial charge on any atom is -0.399 e. The smallest absolute Gasteiger partial charge is 0.227 e. The van der Waals surface area contributed by atoms with Gasteiger partial charge in [0.15, 0.2) is 0 Å². The van der Waals surface area contributed by atoms with Gasteiger partial charge in [-0.2, -0.15) is 0 Å². The fourth-order valence-electron chi connectivity index (χ4n) is 2.12. The largest absolute Gasteiger partial charge is 0.399 e. The van der Waals surface area contributed by atoms with E-state index in [1.165, 1.54) is 0 Å². The molecule has 0 spiro atoms. The summed E-state index contributed by atoms with van der Waals surface area (Å²) in [6.45, 7) is 2.01. The summed E-state index contributed by atoms with van der Waals surface area (Å²) < 4.78 is 0. The Labute approximate surface area is 124 Å². The number of amides is 1. The van der Waals surface area contributed by atoms with E-state index >= 15 is 0 Å². The molecule has 0 aromatic heterocycles. The molecule has 0 radical (unpaired) electrons. The predicted molar refractivity (Wildman–Crippen MR) is 83.7 cm³/mol. The van der Waals surface area contributed by atoms with Gasteiger partial charge in [0.05, 0.1) is 12.0 Å². The molecule has 0 aliphatic carbocycles. The predicted octanol–water partition coefficient (Wildman–Crippen LogP) is 2.22. The molecule has 2 atom stereocenters. The number of aliphatic hydroxyl groups excluding tert-OH is 1. The average Bonchev–Trinajstić information content (AvgIpc) is 2.52. The summed E-state index contributed by atoms with van der Waals surface area (Å²) in [7, 11) is 0. The SMILES string of the molecule is CC(C(=O)NCC(O)c1ccccc1)c1cccc(N)c1. The summed E-state index contributed by atoms with van der Waals surface area (Å²) in [6, 6.07) is 16.5. The lowest BCUT2D eigenvalue weighted by Crippen LogP contribution is -2.31. The second kappa shape index (κ2) is 6.90. The number of nitrogens with two attached hydrogens (primary N) is 1. The number of carbonyl (C=O) groups excluding carboxylic acids is 1. The highest BCUT2D eigenvalue weighted by Crippen LogP contribution is 2.18. The molecule has 0 heterocycles. The molecule has 2 aromatic carbocycles. The van der Waals surface area contributed by atoms with E-state index in [0.717, 1.165) is 11.1 Å². The molecule has 2 rings (SSSR count). The van der Waals surface area contributed by atoms with Crippen molar-refractivity contribution in [3.05, 3.63) is 65.7 Å². The highest BCUT2D eigenvalue weighted by Gasteiger charge is 2.16. The molecule has 4 N–H and O–H groups in total. The van der Waals surface area contributed by atoms with E-state index in [-0.39, 0.29) is 18.4 Å². The first-order valence-electron chi connectivity index (χ1n) is 6.94. The lowest BCUT2D eigenvalue weighted by molar-refractivity contribution is -0.122. The van der Waals surface area contributed by atoms with Crippen molar-refractivity contribution in [2.45, 2.75) is 18.9 Å². The van der Waals surface area contributed by atoms with Crippen molar-refractivity contribution < 1.29 is 9.90 Å². The normalized spacial score (nSPS) is 13.4. The number of rotatable bonds is 5. The maximum absolute atomic E-state index is 12.1. The minimum atomic E-state index is -0.705. The summed E-state index contributed by atoms with van der Waals surface area (Å²) in [5, 5.41) is 12.8. The molecule has 0 fully saturated rings. The van der Waals surface area contributed by atoms with Crippen LogP contribution >= 0.6 is 0 Å². The van der Waals surface area contributed by atoms with E-state index in [2.05, 4.69) is 5.32 Å². The number of carbonyl (C=O) groups is 1. The highest BCUT2D eigenvalue weighted by molar-refractivity contribution is 5.83. The van der Waals surface area contributed by atoms with Gasteiger partial charge in [-0.05, 0) is 30.2 Å². The zero-order chi connectivity index (χ0) is 15.2. The van der Waals surface area contributed by atoms with Gasteiger partial charge in [-0.3, -0.25) is 4.79 Å².